The highest BCUT2D eigenvalue weighted by molar-refractivity contribution is 5.76. The number of rotatable bonds is 6. The Kier molecular flexibility index (Phi) is 7.65. The van der Waals surface area contributed by atoms with Crippen molar-refractivity contribution in [2.45, 2.75) is 69.9 Å². The summed E-state index contributed by atoms with van der Waals surface area (Å²) in [5.41, 5.74) is 0. The highest BCUT2D eigenvalue weighted by atomic mass is 16.5. The Balaban J connectivity index is 1.52. The second kappa shape index (κ2) is 9.75. The lowest BCUT2D eigenvalue weighted by molar-refractivity contribution is -0.133. The molecular weight excluding hydrogens is 294 g/mol. The first kappa shape index (κ1) is 18.0. The van der Waals surface area contributed by atoms with Crippen LogP contribution in [-0.4, -0.2) is 55.7 Å². The molecule has 0 radical (unpaired) electrons. The zero-order chi connectivity index (χ0) is 16.5. The topological polar surface area (TPSA) is 70.7 Å². The van der Waals surface area contributed by atoms with Crippen LogP contribution in [0.2, 0.25) is 0 Å². The van der Waals surface area contributed by atoms with Crippen molar-refractivity contribution in [3.63, 3.8) is 0 Å². The Labute approximate surface area is 139 Å². The molecular formula is C17H31N3O3. The molecule has 0 spiro atoms. The summed E-state index contributed by atoms with van der Waals surface area (Å²) < 4.78 is 5.31. The van der Waals surface area contributed by atoms with E-state index in [1.807, 2.05) is 4.90 Å². The number of amides is 3. The lowest BCUT2D eigenvalue weighted by Crippen LogP contribution is -2.43. The predicted molar refractivity (Wildman–Crippen MR) is 89.3 cm³/mol. The molecule has 0 atom stereocenters. The van der Waals surface area contributed by atoms with Crippen molar-refractivity contribution in [2.75, 3.05) is 26.7 Å². The molecule has 2 N–H and O–H groups in total. The van der Waals surface area contributed by atoms with Gasteiger partial charge < -0.3 is 20.3 Å². The van der Waals surface area contributed by atoms with Crippen molar-refractivity contribution < 1.29 is 14.3 Å². The fraction of sp³-hybridized carbons (Fsp3) is 0.882. The number of methoxy groups -OCH3 is 1. The molecule has 0 aromatic heterocycles. The standard InChI is InChI=1S/C17H31N3O3/c1-23-15-9-12-20(13-10-15)16(21)8-5-11-18-17(22)19-14-6-3-2-4-7-14/h14-15H,2-13H2,1H3,(H2,18,19,22). The maximum Gasteiger partial charge on any atom is 0.315 e. The number of carbonyl (C=O) groups is 2. The molecule has 3 amide bonds. The van der Waals surface area contributed by atoms with Gasteiger partial charge in [-0.05, 0) is 32.1 Å². The molecule has 1 heterocycles. The SMILES string of the molecule is COC1CCN(C(=O)CCCNC(=O)NC2CCCCC2)CC1. The minimum absolute atomic E-state index is 0.0924. The monoisotopic (exact) mass is 325 g/mol. The van der Waals surface area contributed by atoms with Crippen LogP contribution in [0.1, 0.15) is 57.8 Å². The summed E-state index contributed by atoms with van der Waals surface area (Å²) in [6, 6.07) is 0.234. The van der Waals surface area contributed by atoms with E-state index in [4.69, 9.17) is 4.74 Å². The molecule has 0 aromatic rings. The number of hydrogen-bond donors (Lipinski definition) is 2. The number of carbonyl (C=O) groups excluding carboxylic acids is 2. The summed E-state index contributed by atoms with van der Waals surface area (Å²) in [5.74, 6) is 0.189. The van der Waals surface area contributed by atoms with E-state index in [-0.39, 0.29) is 11.9 Å². The highest BCUT2D eigenvalue weighted by Crippen LogP contribution is 2.17. The number of nitrogens with zero attached hydrogens (tertiary/aromatic N) is 1. The molecule has 0 bridgehead atoms. The lowest BCUT2D eigenvalue weighted by Gasteiger charge is -2.31. The van der Waals surface area contributed by atoms with Gasteiger partial charge in [-0.25, -0.2) is 4.79 Å². The fourth-order valence-corrected chi connectivity index (χ4v) is 3.42. The average Bonchev–Trinajstić information content (AvgIpc) is 2.59. The molecule has 23 heavy (non-hydrogen) atoms. The van der Waals surface area contributed by atoms with E-state index in [0.29, 0.717) is 31.5 Å². The quantitative estimate of drug-likeness (QED) is 0.734. The van der Waals surface area contributed by atoms with Crippen molar-refractivity contribution in [1.82, 2.24) is 15.5 Å². The van der Waals surface area contributed by atoms with Crippen LogP contribution in [0.5, 0.6) is 0 Å². The second-order valence-electron chi connectivity index (χ2n) is 6.65. The third-order valence-electron chi connectivity index (χ3n) is 4.92. The third-order valence-corrected chi connectivity index (χ3v) is 4.92. The van der Waals surface area contributed by atoms with E-state index in [1.54, 1.807) is 7.11 Å². The van der Waals surface area contributed by atoms with Gasteiger partial charge >= 0.3 is 6.03 Å². The van der Waals surface area contributed by atoms with E-state index in [1.165, 1.54) is 19.3 Å². The summed E-state index contributed by atoms with van der Waals surface area (Å²) in [4.78, 5) is 25.8. The van der Waals surface area contributed by atoms with E-state index in [0.717, 1.165) is 38.8 Å². The molecule has 0 unspecified atom stereocenters. The summed E-state index contributed by atoms with van der Waals surface area (Å²) >= 11 is 0. The van der Waals surface area contributed by atoms with Crippen LogP contribution in [0.25, 0.3) is 0 Å². The minimum atomic E-state index is -0.0924. The fourth-order valence-electron chi connectivity index (χ4n) is 3.42. The van der Waals surface area contributed by atoms with Gasteiger partial charge in [-0.15, -0.1) is 0 Å². The van der Waals surface area contributed by atoms with Crippen LogP contribution in [-0.2, 0) is 9.53 Å². The van der Waals surface area contributed by atoms with Crippen molar-refractivity contribution in [2.24, 2.45) is 0 Å². The van der Waals surface area contributed by atoms with Gasteiger partial charge in [-0.1, -0.05) is 19.3 Å². The van der Waals surface area contributed by atoms with Crippen molar-refractivity contribution >= 4 is 11.9 Å². The Bertz CT molecular complexity index is 375. The number of hydrogen-bond acceptors (Lipinski definition) is 3. The van der Waals surface area contributed by atoms with E-state index in [2.05, 4.69) is 10.6 Å². The maximum atomic E-state index is 12.1. The molecule has 0 aromatic carbocycles. The first-order chi connectivity index (χ1) is 11.2. The summed E-state index contributed by atoms with van der Waals surface area (Å²) in [7, 11) is 1.73. The minimum Gasteiger partial charge on any atom is -0.381 e. The summed E-state index contributed by atoms with van der Waals surface area (Å²) in [6.07, 6.45) is 9.20. The van der Waals surface area contributed by atoms with Gasteiger partial charge in [0.2, 0.25) is 5.91 Å². The molecule has 2 aliphatic rings. The molecule has 6 nitrogen and oxygen atoms in total. The number of piperidine rings is 1. The number of nitrogens with one attached hydrogen (secondary N) is 2. The van der Waals surface area contributed by atoms with Gasteiger partial charge in [0.1, 0.15) is 0 Å². The number of ether oxygens (including phenoxy) is 1. The molecule has 2 fully saturated rings. The van der Waals surface area contributed by atoms with Gasteiger partial charge in [-0.2, -0.15) is 0 Å². The maximum absolute atomic E-state index is 12.1. The average molecular weight is 325 g/mol. The van der Waals surface area contributed by atoms with Gasteiger partial charge in [0.15, 0.2) is 0 Å². The van der Waals surface area contributed by atoms with Gasteiger partial charge in [-0.3, -0.25) is 4.79 Å². The van der Waals surface area contributed by atoms with Gasteiger partial charge in [0.25, 0.3) is 0 Å². The van der Waals surface area contributed by atoms with Crippen LogP contribution in [0.4, 0.5) is 4.79 Å². The van der Waals surface area contributed by atoms with E-state index >= 15 is 0 Å². The zero-order valence-electron chi connectivity index (χ0n) is 14.3. The van der Waals surface area contributed by atoms with Crippen LogP contribution in [0, 0.1) is 0 Å². The molecule has 2 rings (SSSR count). The molecule has 1 saturated heterocycles. The van der Waals surface area contributed by atoms with Crippen molar-refractivity contribution in [3.8, 4) is 0 Å². The molecule has 6 heteroatoms. The van der Waals surface area contributed by atoms with Crippen LogP contribution in [0.3, 0.4) is 0 Å². The number of likely N-dealkylation sites (tertiary alicyclic amines) is 1. The normalized spacial score (nSPS) is 20.3. The van der Waals surface area contributed by atoms with Crippen LogP contribution >= 0.6 is 0 Å². The lowest BCUT2D eigenvalue weighted by atomic mass is 9.96. The molecule has 1 aliphatic carbocycles. The molecule has 1 saturated carbocycles. The van der Waals surface area contributed by atoms with Gasteiger partial charge in [0.05, 0.1) is 6.10 Å². The Morgan fingerprint density at radius 1 is 1.09 bits per heavy atom. The van der Waals surface area contributed by atoms with Crippen molar-refractivity contribution in [1.29, 1.82) is 0 Å². The van der Waals surface area contributed by atoms with Crippen LogP contribution in [0.15, 0.2) is 0 Å². The first-order valence-electron chi connectivity index (χ1n) is 9.04. The summed E-state index contributed by atoms with van der Waals surface area (Å²) in [5, 5.41) is 5.89. The number of urea groups is 1. The first-order valence-corrected chi connectivity index (χ1v) is 9.04. The summed E-state index contributed by atoms with van der Waals surface area (Å²) in [6.45, 7) is 2.12. The van der Waals surface area contributed by atoms with E-state index < -0.39 is 0 Å². The smallest absolute Gasteiger partial charge is 0.315 e. The molecule has 132 valence electrons. The Hall–Kier alpha value is -1.30. The zero-order valence-corrected chi connectivity index (χ0v) is 14.3. The largest absolute Gasteiger partial charge is 0.381 e. The molecule has 1 aliphatic heterocycles. The van der Waals surface area contributed by atoms with E-state index in [9.17, 15) is 9.59 Å². The highest BCUT2D eigenvalue weighted by Gasteiger charge is 2.22. The second-order valence-corrected chi connectivity index (χ2v) is 6.65. The Morgan fingerprint density at radius 2 is 1.78 bits per heavy atom. The predicted octanol–water partition coefficient (Wildman–Crippen LogP) is 2.04. The van der Waals surface area contributed by atoms with Gasteiger partial charge in [0, 0.05) is 39.2 Å². The third kappa shape index (κ3) is 6.37. The Morgan fingerprint density at radius 3 is 2.43 bits per heavy atom. The van der Waals surface area contributed by atoms with Crippen molar-refractivity contribution in [3.05, 3.63) is 0 Å². The van der Waals surface area contributed by atoms with Crippen LogP contribution < -0.4 is 10.6 Å².